The Balaban J connectivity index is 2.58. The number of aromatic nitrogens is 3. The van der Waals surface area contributed by atoms with Crippen LogP contribution in [0.3, 0.4) is 0 Å². The van der Waals surface area contributed by atoms with Crippen molar-refractivity contribution in [2.45, 2.75) is 13.1 Å². The van der Waals surface area contributed by atoms with Crippen LogP contribution in [0.5, 0.6) is 0 Å². The van der Waals surface area contributed by atoms with Crippen molar-refractivity contribution < 1.29 is 22.7 Å². The van der Waals surface area contributed by atoms with Gasteiger partial charge in [-0.15, -0.1) is 5.10 Å². The third kappa shape index (κ3) is 3.34. The normalized spacial score (nSPS) is 11.5. The molecule has 0 aliphatic carbocycles. The smallest absolute Gasteiger partial charge is 0.417 e. The van der Waals surface area contributed by atoms with Crippen molar-refractivity contribution in [2.75, 3.05) is 6.61 Å². The maximum Gasteiger partial charge on any atom is 0.417 e. The van der Waals surface area contributed by atoms with Gasteiger partial charge < -0.3 is 4.74 Å². The molecular formula is C12H9F3IN3O2. The van der Waals surface area contributed by atoms with Crippen LogP contribution in [0.2, 0.25) is 0 Å². The van der Waals surface area contributed by atoms with Gasteiger partial charge >= 0.3 is 12.1 Å². The Hall–Kier alpha value is -1.65. The highest BCUT2D eigenvalue weighted by atomic mass is 127. The molecular weight excluding hydrogens is 402 g/mol. The highest BCUT2D eigenvalue weighted by Crippen LogP contribution is 2.38. The molecule has 9 heteroatoms. The van der Waals surface area contributed by atoms with Crippen LogP contribution in [0.1, 0.15) is 23.0 Å². The molecule has 0 aliphatic heterocycles. The highest BCUT2D eigenvalue weighted by Gasteiger charge is 2.36. The summed E-state index contributed by atoms with van der Waals surface area (Å²) in [6.45, 7) is 1.67. The molecule has 0 radical (unpaired) electrons. The van der Waals surface area contributed by atoms with Crippen LogP contribution in [0.4, 0.5) is 13.2 Å². The predicted octanol–water partition coefficient (Wildman–Crippen LogP) is 3.27. The van der Waals surface area contributed by atoms with Gasteiger partial charge in [0.15, 0.2) is 5.69 Å². The summed E-state index contributed by atoms with van der Waals surface area (Å²) < 4.78 is 44.5. The standard InChI is InChI=1S/C12H9F3IN3O2/c1-2-21-11(20)10-9(17-19-18-10)7-4-3-6(16)5-8(7)12(13,14)15/h3-5H,2H2,1H3,(H,17,18,19). The molecule has 0 unspecified atom stereocenters. The number of aromatic amines is 1. The first-order chi connectivity index (χ1) is 9.84. The summed E-state index contributed by atoms with van der Waals surface area (Å²) in [6.07, 6.45) is -4.57. The van der Waals surface area contributed by atoms with Gasteiger partial charge in [-0.25, -0.2) is 4.79 Å². The molecule has 0 fully saturated rings. The Kier molecular flexibility index (Phi) is 4.49. The summed E-state index contributed by atoms with van der Waals surface area (Å²) in [6, 6.07) is 3.74. The van der Waals surface area contributed by atoms with Gasteiger partial charge in [-0.05, 0) is 41.6 Å². The van der Waals surface area contributed by atoms with Crippen LogP contribution in [0.15, 0.2) is 18.2 Å². The van der Waals surface area contributed by atoms with Crippen molar-refractivity contribution in [3.63, 3.8) is 0 Å². The molecule has 1 aromatic heterocycles. The average molecular weight is 411 g/mol. The number of hydrogen-bond acceptors (Lipinski definition) is 4. The van der Waals surface area contributed by atoms with E-state index in [-0.39, 0.29) is 23.6 Å². The topological polar surface area (TPSA) is 67.9 Å². The molecule has 2 aromatic rings. The van der Waals surface area contributed by atoms with Gasteiger partial charge in [0.25, 0.3) is 0 Å². The van der Waals surface area contributed by atoms with Gasteiger partial charge in [-0.2, -0.15) is 23.5 Å². The third-order valence-electron chi connectivity index (χ3n) is 2.56. The van der Waals surface area contributed by atoms with E-state index in [0.717, 1.165) is 6.07 Å². The molecule has 5 nitrogen and oxygen atoms in total. The second-order valence-electron chi connectivity index (χ2n) is 3.93. The van der Waals surface area contributed by atoms with Crippen LogP contribution < -0.4 is 0 Å². The second-order valence-corrected chi connectivity index (χ2v) is 5.17. The number of carbonyl (C=O) groups is 1. The van der Waals surface area contributed by atoms with Crippen LogP contribution in [-0.2, 0) is 10.9 Å². The Morgan fingerprint density at radius 3 is 2.71 bits per heavy atom. The lowest BCUT2D eigenvalue weighted by molar-refractivity contribution is -0.137. The fraction of sp³-hybridized carbons (Fsp3) is 0.250. The Morgan fingerprint density at radius 1 is 1.38 bits per heavy atom. The Morgan fingerprint density at radius 2 is 2.10 bits per heavy atom. The first kappa shape index (κ1) is 15.7. The maximum absolute atomic E-state index is 13.1. The molecule has 0 saturated heterocycles. The largest absolute Gasteiger partial charge is 0.461 e. The molecule has 21 heavy (non-hydrogen) atoms. The minimum Gasteiger partial charge on any atom is -0.461 e. The SMILES string of the molecule is CCOC(=O)c1n[nH]nc1-c1ccc(I)cc1C(F)(F)F. The van der Waals surface area contributed by atoms with E-state index >= 15 is 0 Å². The molecule has 0 bridgehead atoms. The third-order valence-corrected chi connectivity index (χ3v) is 3.23. The molecule has 1 heterocycles. The van der Waals surface area contributed by atoms with Crippen molar-refractivity contribution in [2.24, 2.45) is 0 Å². The van der Waals surface area contributed by atoms with E-state index in [2.05, 4.69) is 15.4 Å². The van der Waals surface area contributed by atoms with E-state index in [1.807, 2.05) is 0 Å². The molecule has 0 atom stereocenters. The maximum atomic E-state index is 13.1. The molecule has 2 rings (SSSR count). The molecule has 1 N–H and O–H groups in total. The van der Waals surface area contributed by atoms with Crippen molar-refractivity contribution in [3.05, 3.63) is 33.0 Å². The number of nitrogens with one attached hydrogen (secondary N) is 1. The van der Waals surface area contributed by atoms with Crippen molar-refractivity contribution >= 4 is 28.6 Å². The average Bonchev–Trinajstić information content (AvgIpc) is 2.87. The number of alkyl halides is 3. The minimum atomic E-state index is -4.57. The van der Waals surface area contributed by atoms with Crippen molar-refractivity contribution in [1.82, 2.24) is 15.4 Å². The zero-order valence-electron chi connectivity index (χ0n) is 10.7. The van der Waals surface area contributed by atoms with Crippen LogP contribution in [0, 0.1) is 3.57 Å². The Labute approximate surface area is 131 Å². The fourth-order valence-corrected chi connectivity index (χ4v) is 2.21. The van der Waals surface area contributed by atoms with Crippen LogP contribution in [-0.4, -0.2) is 28.0 Å². The lowest BCUT2D eigenvalue weighted by Gasteiger charge is -2.12. The van der Waals surface area contributed by atoms with Gasteiger partial charge in [0.05, 0.1) is 12.2 Å². The van der Waals surface area contributed by atoms with Crippen molar-refractivity contribution in [1.29, 1.82) is 0 Å². The number of carbonyl (C=O) groups excluding carboxylic acids is 1. The van der Waals surface area contributed by atoms with Gasteiger partial charge in [0.1, 0.15) is 5.69 Å². The molecule has 1 aromatic carbocycles. The number of esters is 1. The van der Waals surface area contributed by atoms with E-state index in [1.54, 1.807) is 29.5 Å². The monoisotopic (exact) mass is 411 g/mol. The van der Waals surface area contributed by atoms with E-state index in [0.29, 0.717) is 3.57 Å². The van der Waals surface area contributed by atoms with Crippen LogP contribution in [0.25, 0.3) is 11.3 Å². The summed E-state index contributed by atoms with van der Waals surface area (Å²) in [5, 5.41) is 9.39. The molecule has 0 aliphatic rings. The lowest BCUT2D eigenvalue weighted by atomic mass is 10.0. The van der Waals surface area contributed by atoms with Gasteiger partial charge in [-0.3, -0.25) is 0 Å². The van der Waals surface area contributed by atoms with E-state index in [4.69, 9.17) is 4.74 Å². The molecule has 112 valence electrons. The van der Waals surface area contributed by atoms with Gasteiger partial charge in [-0.1, -0.05) is 6.07 Å². The molecule has 0 amide bonds. The predicted molar refractivity (Wildman–Crippen MR) is 75.5 cm³/mol. The quantitative estimate of drug-likeness (QED) is 0.622. The fourth-order valence-electron chi connectivity index (χ4n) is 1.72. The molecule has 0 spiro atoms. The number of halogens is 4. The summed E-state index contributed by atoms with van der Waals surface area (Å²) in [4.78, 5) is 11.7. The number of ether oxygens (including phenoxy) is 1. The first-order valence-electron chi connectivity index (χ1n) is 5.79. The minimum absolute atomic E-state index is 0.0873. The van der Waals surface area contributed by atoms with Gasteiger partial charge in [0, 0.05) is 9.13 Å². The zero-order valence-corrected chi connectivity index (χ0v) is 12.8. The number of benzene rings is 1. The van der Waals surface area contributed by atoms with Crippen LogP contribution >= 0.6 is 22.6 Å². The number of hydrogen-bond donors (Lipinski definition) is 1. The summed E-state index contributed by atoms with van der Waals surface area (Å²) in [7, 11) is 0. The first-order valence-corrected chi connectivity index (χ1v) is 6.87. The summed E-state index contributed by atoms with van der Waals surface area (Å²) >= 11 is 1.78. The number of nitrogens with zero attached hydrogens (tertiary/aromatic N) is 2. The van der Waals surface area contributed by atoms with E-state index < -0.39 is 17.7 Å². The highest BCUT2D eigenvalue weighted by molar-refractivity contribution is 14.1. The molecule has 0 saturated carbocycles. The van der Waals surface area contributed by atoms with Gasteiger partial charge in [0.2, 0.25) is 0 Å². The summed E-state index contributed by atoms with van der Waals surface area (Å²) in [5.41, 5.74) is -1.56. The second kappa shape index (κ2) is 6.00. The lowest BCUT2D eigenvalue weighted by Crippen LogP contribution is -2.11. The number of rotatable bonds is 3. The summed E-state index contributed by atoms with van der Waals surface area (Å²) in [5.74, 6) is -0.826. The van der Waals surface area contributed by atoms with Crippen molar-refractivity contribution in [3.8, 4) is 11.3 Å². The Bertz CT molecular complexity index is 670. The van der Waals surface area contributed by atoms with E-state index in [9.17, 15) is 18.0 Å². The number of H-pyrrole nitrogens is 1. The van der Waals surface area contributed by atoms with E-state index in [1.165, 1.54) is 12.1 Å². The zero-order chi connectivity index (χ0) is 15.6.